The number of ether oxygens (including phenoxy) is 3. The molecular weight excluding hydrogens is 338 g/mol. The van der Waals surface area contributed by atoms with Crippen LogP contribution in [0.2, 0.25) is 0 Å². The van der Waals surface area contributed by atoms with Gasteiger partial charge in [0.05, 0.1) is 25.5 Å². The molecule has 0 saturated carbocycles. The van der Waals surface area contributed by atoms with Crippen molar-refractivity contribution in [3.63, 3.8) is 0 Å². The molecule has 0 aliphatic heterocycles. The number of carbonyl (C=O) groups excluding carboxylic acids is 1. The Labute approximate surface area is 151 Å². The van der Waals surface area contributed by atoms with Crippen molar-refractivity contribution in [2.45, 2.75) is 20.0 Å². The Bertz CT molecular complexity index is 818. The number of aromatic carboxylic acids is 1. The lowest BCUT2D eigenvalue weighted by Gasteiger charge is -2.18. The molecule has 138 valence electrons. The van der Waals surface area contributed by atoms with Crippen LogP contribution in [-0.2, 0) is 4.79 Å². The van der Waals surface area contributed by atoms with Crippen molar-refractivity contribution in [1.82, 2.24) is 0 Å². The van der Waals surface area contributed by atoms with Gasteiger partial charge in [0.2, 0.25) is 0 Å². The van der Waals surface area contributed by atoms with Gasteiger partial charge >= 0.3 is 5.97 Å². The second-order valence-corrected chi connectivity index (χ2v) is 5.63. The predicted molar refractivity (Wildman–Crippen MR) is 96.4 cm³/mol. The summed E-state index contributed by atoms with van der Waals surface area (Å²) in [4.78, 5) is 23.8. The molecule has 7 heteroatoms. The van der Waals surface area contributed by atoms with Crippen LogP contribution in [0.15, 0.2) is 36.4 Å². The zero-order chi connectivity index (χ0) is 19.3. The van der Waals surface area contributed by atoms with E-state index in [2.05, 4.69) is 5.32 Å². The third-order valence-corrected chi connectivity index (χ3v) is 3.66. The quantitative estimate of drug-likeness (QED) is 0.789. The molecule has 2 aromatic carbocycles. The summed E-state index contributed by atoms with van der Waals surface area (Å²) in [6.45, 7) is 3.52. The Hall–Kier alpha value is -3.22. The SMILES string of the molecule is COc1cc(C(=O)O)cc(NC(=O)C(C)Oc2cccc(C)c2)c1OC. The lowest BCUT2D eigenvalue weighted by atomic mass is 10.1. The Kier molecular flexibility index (Phi) is 6.06. The molecule has 1 amide bonds. The number of benzene rings is 2. The molecular formula is C19H21NO6. The van der Waals surface area contributed by atoms with E-state index in [1.54, 1.807) is 13.0 Å². The summed E-state index contributed by atoms with van der Waals surface area (Å²) in [5.74, 6) is -0.597. The molecule has 7 nitrogen and oxygen atoms in total. The number of aryl methyl sites for hydroxylation is 1. The molecule has 0 aliphatic rings. The summed E-state index contributed by atoms with van der Waals surface area (Å²) in [5.41, 5.74) is 1.16. The second-order valence-electron chi connectivity index (χ2n) is 5.63. The normalized spacial score (nSPS) is 11.4. The van der Waals surface area contributed by atoms with Gasteiger partial charge in [-0.25, -0.2) is 4.79 Å². The lowest BCUT2D eigenvalue weighted by molar-refractivity contribution is -0.122. The molecule has 0 fully saturated rings. The monoisotopic (exact) mass is 359 g/mol. The van der Waals surface area contributed by atoms with Crippen LogP contribution < -0.4 is 19.5 Å². The van der Waals surface area contributed by atoms with Crippen molar-refractivity contribution in [3.05, 3.63) is 47.5 Å². The highest BCUT2D eigenvalue weighted by Crippen LogP contribution is 2.36. The van der Waals surface area contributed by atoms with E-state index in [-0.39, 0.29) is 22.7 Å². The highest BCUT2D eigenvalue weighted by molar-refractivity contribution is 5.98. The van der Waals surface area contributed by atoms with Gasteiger partial charge < -0.3 is 24.6 Å². The van der Waals surface area contributed by atoms with Gasteiger partial charge in [0, 0.05) is 0 Å². The average Bonchev–Trinajstić information content (AvgIpc) is 2.60. The first-order chi connectivity index (χ1) is 12.3. The van der Waals surface area contributed by atoms with E-state index in [1.165, 1.54) is 26.4 Å². The fourth-order valence-corrected chi connectivity index (χ4v) is 2.36. The van der Waals surface area contributed by atoms with Crippen LogP contribution in [0.4, 0.5) is 5.69 Å². The highest BCUT2D eigenvalue weighted by atomic mass is 16.5. The number of nitrogens with one attached hydrogen (secondary N) is 1. The van der Waals surface area contributed by atoms with Gasteiger partial charge in [0.15, 0.2) is 17.6 Å². The molecule has 0 heterocycles. The zero-order valence-corrected chi connectivity index (χ0v) is 15.0. The summed E-state index contributed by atoms with van der Waals surface area (Å²) >= 11 is 0. The van der Waals surface area contributed by atoms with Gasteiger partial charge in [-0.15, -0.1) is 0 Å². The second kappa shape index (κ2) is 8.24. The molecule has 1 unspecified atom stereocenters. The number of methoxy groups -OCH3 is 2. The van der Waals surface area contributed by atoms with Gasteiger partial charge in [-0.1, -0.05) is 12.1 Å². The van der Waals surface area contributed by atoms with E-state index < -0.39 is 18.0 Å². The number of hydrogen-bond donors (Lipinski definition) is 2. The molecule has 0 spiro atoms. The number of rotatable bonds is 7. The minimum atomic E-state index is -1.15. The zero-order valence-electron chi connectivity index (χ0n) is 15.0. The van der Waals surface area contributed by atoms with Crippen molar-refractivity contribution in [3.8, 4) is 17.2 Å². The largest absolute Gasteiger partial charge is 0.493 e. The first-order valence-electron chi connectivity index (χ1n) is 7.89. The van der Waals surface area contributed by atoms with Crippen LogP contribution in [-0.4, -0.2) is 37.3 Å². The molecule has 2 N–H and O–H groups in total. The topological polar surface area (TPSA) is 94.1 Å². The fraction of sp³-hybridized carbons (Fsp3) is 0.263. The van der Waals surface area contributed by atoms with E-state index in [4.69, 9.17) is 14.2 Å². The first-order valence-corrected chi connectivity index (χ1v) is 7.89. The van der Waals surface area contributed by atoms with E-state index in [1.807, 2.05) is 25.1 Å². The predicted octanol–water partition coefficient (Wildman–Crippen LogP) is 3.12. The van der Waals surface area contributed by atoms with Crippen molar-refractivity contribution < 1.29 is 28.9 Å². The minimum absolute atomic E-state index is 0.0368. The Balaban J connectivity index is 2.24. The van der Waals surface area contributed by atoms with Crippen LogP contribution in [0.25, 0.3) is 0 Å². The third-order valence-electron chi connectivity index (χ3n) is 3.66. The number of amides is 1. The third kappa shape index (κ3) is 4.44. The van der Waals surface area contributed by atoms with E-state index in [0.29, 0.717) is 5.75 Å². The Morgan fingerprint density at radius 1 is 1.12 bits per heavy atom. The van der Waals surface area contributed by atoms with Crippen molar-refractivity contribution >= 4 is 17.6 Å². The van der Waals surface area contributed by atoms with Crippen molar-refractivity contribution in [1.29, 1.82) is 0 Å². The van der Waals surface area contributed by atoms with Gasteiger partial charge in [-0.05, 0) is 43.7 Å². The first kappa shape index (κ1) is 19.1. The fourth-order valence-electron chi connectivity index (χ4n) is 2.36. The highest BCUT2D eigenvalue weighted by Gasteiger charge is 2.21. The van der Waals surface area contributed by atoms with E-state index in [9.17, 15) is 14.7 Å². The molecule has 2 aromatic rings. The van der Waals surface area contributed by atoms with Crippen LogP contribution in [0.5, 0.6) is 17.2 Å². The molecule has 0 radical (unpaired) electrons. The molecule has 0 saturated heterocycles. The number of carboxylic acid groups (broad SMARTS) is 1. The van der Waals surface area contributed by atoms with E-state index in [0.717, 1.165) is 5.56 Å². The summed E-state index contributed by atoms with van der Waals surface area (Å²) in [5, 5.41) is 11.9. The molecule has 26 heavy (non-hydrogen) atoms. The number of carboxylic acids is 1. The summed E-state index contributed by atoms with van der Waals surface area (Å²) in [6, 6.07) is 9.96. The van der Waals surface area contributed by atoms with Gasteiger partial charge in [0.1, 0.15) is 5.75 Å². The summed E-state index contributed by atoms with van der Waals surface area (Å²) in [7, 11) is 2.79. The minimum Gasteiger partial charge on any atom is -0.493 e. The Morgan fingerprint density at radius 3 is 2.42 bits per heavy atom. The van der Waals surface area contributed by atoms with Crippen LogP contribution in [0.3, 0.4) is 0 Å². The van der Waals surface area contributed by atoms with Gasteiger partial charge in [-0.3, -0.25) is 4.79 Å². The molecule has 2 rings (SSSR count). The molecule has 1 atom stereocenters. The van der Waals surface area contributed by atoms with Gasteiger partial charge in [0.25, 0.3) is 5.91 Å². The van der Waals surface area contributed by atoms with Crippen LogP contribution in [0, 0.1) is 6.92 Å². The lowest BCUT2D eigenvalue weighted by Crippen LogP contribution is -2.30. The van der Waals surface area contributed by atoms with Crippen LogP contribution >= 0.6 is 0 Å². The van der Waals surface area contributed by atoms with E-state index >= 15 is 0 Å². The Morgan fingerprint density at radius 2 is 1.85 bits per heavy atom. The number of carbonyl (C=O) groups is 2. The number of hydrogen-bond acceptors (Lipinski definition) is 5. The maximum absolute atomic E-state index is 12.5. The molecule has 0 bridgehead atoms. The molecule has 0 aromatic heterocycles. The maximum Gasteiger partial charge on any atom is 0.335 e. The maximum atomic E-state index is 12.5. The smallest absolute Gasteiger partial charge is 0.335 e. The average molecular weight is 359 g/mol. The summed E-state index contributed by atoms with van der Waals surface area (Å²) < 4.78 is 16.0. The molecule has 0 aliphatic carbocycles. The number of anilines is 1. The van der Waals surface area contributed by atoms with Gasteiger partial charge in [-0.2, -0.15) is 0 Å². The van der Waals surface area contributed by atoms with Crippen LogP contribution in [0.1, 0.15) is 22.8 Å². The summed E-state index contributed by atoms with van der Waals surface area (Å²) in [6.07, 6.45) is -0.805. The van der Waals surface area contributed by atoms with Crippen molar-refractivity contribution in [2.75, 3.05) is 19.5 Å². The van der Waals surface area contributed by atoms with Crippen molar-refractivity contribution in [2.24, 2.45) is 0 Å². The standard InChI is InChI=1S/C19H21NO6/c1-11-6-5-7-14(8-11)26-12(2)18(21)20-15-9-13(19(22)23)10-16(24-3)17(15)25-4/h5-10,12H,1-4H3,(H,20,21)(H,22,23).